The second kappa shape index (κ2) is 8.93. The van der Waals surface area contributed by atoms with Crippen LogP contribution in [0.1, 0.15) is 16.2 Å². The molecule has 0 saturated carbocycles. The highest BCUT2D eigenvalue weighted by Crippen LogP contribution is 2.35. The normalized spacial score (nSPS) is 10.9. The van der Waals surface area contributed by atoms with E-state index in [0.717, 1.165) is 0 Å². The minimum absolute atomic E-state index is 0.0139. The average Bonchev–Trinajstić information content (AvgIpc) is 3.19. The van der Waals surface area contributed by atoms with Gasteiger partial charge in [-0.3, -0.25) is 14.9 Å². The molecule has 0 radical (unpaired) electrons. The van der Waals surface area contributed by atoms with Crippen LogP contribution in [0, 0.1) is 15.9 Å². The summed E-state index contributed by atoms with van der Waals surface area (Å²) in [6, 6.07) is 11.2. The molecular formula is C21H14Cl2FN5O4. The highest BCUT2D eigenvalue weighted by molar-refractivity contribution is 6.32. The zero-order valence-electron chi connectivity index (χ0n) is 16.6. The van der Waals surface area contributed by atoms with E-state index in [9.17, 15) is 14.9 Å². The minimum atomic E-state index is -0.776. The van der Waals surface area contributed by atoms with Crippen molar-refractivity contribution in [1.29, 1.82) is 0 Å². The highest BCUT2D eigenvalue weighted by Gasteiger charge is 2.18. The van der Waals surface area contributed by atoms with Gasteiger partial charge in [-0.25, -0.2) is 9.37 Å². The van der Waals surface area contributed by atoms with Crippen molar-refractivity contribution in [3.63, 3.8) is 0 Å². The van der Waals surface area contributed by atoms with Crippen molar-refractivity contribution in [2.24, 2.45) is 0 Å². The van der Waals surface area contributed by atoms with Crippen LogP contribution in [0.3, 0.4) is 0 Å². The number of nitrogens with two attached hydrogens (primary N) is 1. The number of nitrogens with zero attached hydrogens (tertiary/aromatic N) is 2. The number of nitrogen functional groups attached to an aromatic ring is 1. The van der Waals surface area contributed by atoms with E-state index >= 15 is 4.39 Å². The van der Waals surface area contributed by atoms with Crippen molar-refractivity contribution in [2.75, 3.05) is 5.73 Å². The van der Waals surface area contributed by atoms with E-state index < -0.39 is 16.6 Å². The molecule has 33 heavy (non-hydrogen) atoms. The SMILES string of the molecule is Nc1cc(Cl)cc(Oc2c(Cl)ccc(CNC(=O)c3nc4ccc([N+](=O)[O-])cc4[nH]3)c2F)c1. The zero-order chi connectivity index (χ0) is 23.7. The Morgan fingerprint density at radius 2 is 2.00 bits per heavy atom. The summed E-state index contributed by atoms with van der Waals surface area (Å²) in [5, 5.41) is 13.8. The van der Waals surface area contributed by atoms with Crippen molar-refractivity contribution in [3.05, 3.63) is 85.9 Å². The van der Waals surface area contributed by atoms with Gasteiger partial charge in [-0.1, -0.05) is 29.3 Å². The van der Waals surface area contributed by atoms with Gasteiger partial charge in [0, 0.05) is 41.0 Å². The van der Waals surface area contributed by atoms with Crippen LogP contribution in [-0.4, -0.2) is 20.8 Å². The smallest absolute Gasteiger partial charge is 0.287 e. The molecule has 1 heterocycles. The van der Waals surface area contributed by atoms with Crippen molar-refractivity contribution < 1.29 is 18.8 Å². The molecule has 1 aromatic heterocycles. The third-order valence-electron chi connectivity index (χ3n) is 4.57. The molecule has 0 saturated heterocycles. The molecule has 4 N–H and O–H groups in total. The number of halogens is 3. The number of hydrogen-bond acceptors (Lipinski definition) is 6. The Kier molecular flexibility index (Phi) is 6.03. The lowest BCUT2D eigenvalue weighted by Gasteiger charge is -2.13. The van der Waals surface area contributed by atoms with Gasteiger partial charge in [-0.2, -0.15) is 0 Å². The average molecular weight is 490 g/mol. The van der Waals surface area contributed by atoms with Gasteiger partial charge in [-0.05, 0) is 24.3 Å². The molecule has 4 rings (SSSR count). The highest BCUT2D eigenvalue weighted by atomic mass is 35.5. The molecule has 3 aromatic carbocycles. The largest absolute Gasteiger partial charge is 0.453 e. The van der Waals surface area contributed by atoms with Crippen molar-refractivity contribution in [2.45, 2.75) is 6.54 Å². The molecular weight excluding hydrogens is 476 g/mol. The monoisotopic (exact) mass is 489 g/mol. The van der Waals surface area contributed by atoms with E-state index in [1.54, 1.807) is 0 Å². The molecule has 0 aliphatic heterocycles. The maximum Gasteiger partial charge on any atom is 0.287 e. The second-order valence-electron chi connectivity index (χ2n) is 6.90. The van der Waals surface area contributed by atoms with Gasteiger partial charge < -0.3 is 20.8 Å². The van der Waals surface area contributed by atoms with Gasteiger partial charge in [0.05, 0.1) is 21.0 Å². The van der Waals surface area contributed by atoms with Gasteiger partial charge in [0.2, 0.25) is 0 Å². The summed E-state index contributed by atoms with van der Waals surface area (Å²) in [5.41, 5.74) is 6.71. The van der Waals surface area contributed by atoms with Crippen molar-refractivity contribution in [1.82, 2.24) is 15.3 Å². The van der Waals surface area contributed by atoms with Crippen LogP contribution in [0.4, 0.5) is 15.8 Å². The number of amides is 1. The summed E-state index contributed by atoms with van der Waals surface area (Å²) in [7, 11) is 0. The predicted molar refractivity (Wildman–Crippen MR) is 121 cm³/mol. The minimum Gasteiger partial charge on any atom is -0.453 e. The number of imidazole rings is 1. The van der Waals surface area contributed by atoms with Crippen molar-refractivity contribution in [3.8, 4) is 11.5 Å². The maximum atomic E-state index is 15.0. The summed E-state index contributed by atoms with van der Waals surface area (Å²) in [6.45, 7) is -0.201. The van der Waals surface area contributed by atoms with Crippen LogP contribution in [-0.2, 0) is 6.54 Å². The van der Waals surface area contributed by atoms with Crippen LogP contribution in [0.2, 0.25) is 10.0 Å². The molecule has 0 aliphatic rings. The van der Waals surface area contributed by atoms with Gasteiger partial charge in [0.25, 0.3) is 11.6 Å². The Bertz CT molecular complexity index is 1390. The van der Waals surface area contributed by atoms with E-state index in [-0.39, 0.29) is 40.1 Å². The molecule has 0 fully saturated rings. The molecule has 9 nitrogen and oxygen atoms in total. The standard InChI is InChI=1S/C21H14Cl2FN5O4/c22-11-5-12(25)7-14(6-11)33-19-15(23)3-1-10(18(19)24)9-26-21(30)20-27-16-4-2-13(29(31)32)8-17(16)28-20/h1-8H,9,25H2,(H,26,30)(H,27,28). The Balaban J connectivity index is 1.52. The van der Waals surface area contributed by atoms with E-state index in [0.29, 0.717) is 21.7 Å². The maximum absolute atomic E-state index is 15.0. The quantitative estimate of drug-likeness (QED) is 0.193. The molecule has 12 heteroatoms. The molecule has 1 amide bonds. The lowest BCUT2D eigenvalue weighted by molar-refractivity contribution is -0.384. The Morgan fingerprint density at radius 3 is 2.73 bits per heavy atom. The van der Waals surface area contributed by atoms with Crippen LogP contribution in [0.25, 0.3) is 11.0 Å². The molecule has 4 aromatic rings. The number of hydrogen-bond donors (Lipinski definition) is 3. The first kappa shape index (κ1) is 22.3. The van der Waals surface area contributed by atoms with Crippen LogP contribution in [0.15, 0.2) is 48.5 Å². The first-order valence-electron chi connectivity index (χ1n) is 9.34. The first-order chi connectivity index (χ1) is 15.7. The van der Waals surface area contributed by atoms with Gasteiger partial charge in [0.1, 0.15) is 5.75 Å². The predicted octanol–water partition coefficient (Wildman–Crippen LogP) is 5.22. The Hall–Kier alpha value is -3.89. The van der Waals surface area contributed by atoms with Crippen LogP contribution >= 0.6 is 23.2 Å². The van der Waals surface area contributed by atoms with Gasteiger partial charge in [-0.15, -0.1) is 0 Å². The second-order valence-corrected chi connectivity index (χ2v) is 7.74. The van der Waals surface area contributed by atoms with Crippen LogP contribution in [0.5, 0.6) is 11.5 Å². The number of benzene rings is 3. The number of nitro groups is 1. The fraction of sp³-hybridized carbons (Fsp3) is 0.0476. The molecule has 168 valence electrons. The topological polar surface area (TPSA) is 136 Å². The van der Waals surface area contributed by atoms with Gasteiger partial charge >= 0.3 is 0 Å². The number of aromatic nitrogens is 2. The first-order valence-corrected chi connectivity index (χ1v) is 10.1. The number of ether oxygens (including phenoxy) is 1. The Morgan fingerprint density at radius 1 is 1.21 bits per heavy atom. The number of aromatic amines is 1. The van der Waals surface area contributed by atoms with E-state index in [2.05, 4.69) is 15.3 Å². The lowest BCUT2D eigenvalue weighted by atomic mass is 10.2. The van der Waals surface area contributed by atoms with Crippen molar-refractivity contribution >= 4 is 51.5 Å². The number of rotatable bonds is 6. The van der Waals surface area contributed by atoms with E-state index in [1.807, 2.05) is 0 Å². The summed E-state index contributed by atoms with van der Waals surface area (Å²) < 4.78 is 20.6. The van der Waals surface area contributed by atoms with Gasteiger partial charge in [0.15, 0.2) is 17.4 Å². The summed E-state index contributed by atoms with van der Waals surface area (Å²) in [5.74, 6) is -1.54. The van der Waals surface area contributed by atoms with Crippen LogP contribution < -0.4 is 15.8 Å². The van der Waals surface area contributed by atoms with E-state index in [1.165, 1.54) is 48.5 Å². The molecule has 0 bridgehead atoms. The number of anilines is 1. The molecule has 0 spiro atoms. The molecule has 0 atom stereocenters. The number of carbonyl (C=O) groups is 1. The number of H-pyrrole nitrogens is 1. The third kappa shape index (κ3) is 4.81. The fourth-order valence-electron chi connectivity index (χ4n) is 3.04. The molecule has 0 unspecified atom stereocenters. The summed E-state index contributed by atoms with van der Waals surface area (Å²) >= 11 is 12.0. The summed E-state index contributed by atoms with van der Waals surface area (Å²) in [4.78, 5) is 29.6. The summed E-state index contributed by atoms with van der Waals surface area (Å²) in [6.07, 6.45) is 0. The number of nitro benzene ring substituents is 1. The number of fused-ring (bicyclic) bond motifs is 1. The third-order valence-corrected chi connectivity index (χ3v) is 5.09. The Labute approximate surface area is 195 Å². The van der Waals surface area contributed by atoms with E-state index in [4.69, 9.17) is 33.7 Å². The molecule has 0 aliphatic carbocycles. The number of nitrogens with one attached hydrogen (secondary N) is 2. The number of non-ortho nitro benzene ring substituents is 1. The zero-order valence-corrected chi connectivity index (χ0v) is 18.1. The lowest BCUT2D eigenvalue weighted by Crippen LogP contribution is -2.24. The fourth-order valence-corrected chi connectivity index (χ4v) is 3.46. The number of carbonyl (C=O) groups excluding carboxylic acids is 1.